The lowest BCUT2D eigenvalue weighted by atomic mass is 10.1. The van der Waals surface area contributed by atoms with E-state index in [2.05, 4.69) is 14.9 Å². The molecule has 3 aromatic rings. The Morgan fingerprint density at radius 1 is 1.06 bits per heavy atom. The highest BCUT2D eigenvalue weighted by Crippen LogP contribution is 2.26. The van der Waals surface area contributed by atoms with Crippen molar-refractivity contribution in [3.63, 3.8) is 0 Å². The molecule has 2 aromatic carbocycles. The fourth-order valence-electron chi connectivity index (χ4n) is 3.43. The first-order valence-corrected chi connectivity index (χ1v) is 10.4. The highest BCUT2D eigenvalue weighted by molar-refractivity contribution is 6.31. The van der Waals surface area contributed by atoms with Gasteiger partial charge >= 0.3 is 0 Å². The number of carbonyl (C=O) groups excluding carboxylic acids is 1. The molecule has 8 heteroatoms. The van der Waals surface area contributed by atoms with E-state index in [0.717, 1.165) is 16.9 Å². The molecule has 1 fully saturated rings. The van der Waals surface area contributed by atoms with Crippen LogP contribution in [0.25, 0.3) is 0 Å². The van der Waals surface area contributed by atoms with Crippen LogP contribution in [0, 0.1) is 12.7 Å². The molecule has 4 rings (SSSR count). The molecule has 0 N–H and O–H groups in total. The van der Waals surface area contributed by atoms with E-state index >= 15 is 0 Å². The van der Waals surface area contributed by atoms with Crippen molar-refractivity contribution in [2.24, 2.45) is 0 Å². The highest BCUT2D eigenvalue weighted by Gasteiger charge is 2.22. The van der Waals surface area contributed by atoms with Gasteiger partial charge in [-0.2, -0.15) is 0 Å². The molecule has 1 aromatic heterocycles. The lowest BCUT2D eigenvalue weighted by molar-refractivity contribution is -0.130. The largest absolute Gasteiger partial charge is 0.439 e. The Morgan fingerprint density at radius 3 is 2.52 bits per heavy atom. The first kappa shape index (κ1) is 21.1. The number of hydrogen-bond donors (Lipinski definition) is 0. The summed E-state index contributed by atoms with van der Waals surface area (Å²) in [5, 5.41) is 0.683. The normalized spacial score (nSPS) is 13.9. The van der Waals surface area contributed by atoms with Gasteiger partial charge in [-0.15, -0.1) is 0 Å². The van der Waals surface area contributed by atoms with Crippen LogP contribution >= 0.6 is 11.6 Å². The first-order valence-electron chi connectivity index (χ1n) is 10.0. The van der Waals surface area contributed by atoms with Gasteiger partial charge in [0.1, 0.15) is 23.7 Å². The molecule has 1 aliphatic rings. The molecule has 0 bridgehead atoms. The zero-order valence-corrected chi connectivity index (χ0v) is 17.8. The molecule has 6 nitrogen and oxygen atoms in total. The number of nitrogens with zero attached hydrogens (tertiary/aromatic N) is 4. The number of piperazine rings is 1. The van der Waals surface area contributed by atoms with Crippen molar-refractivity contribution < 1.29 is 13.9 Å². The summed E-state index contributed by atoms with van der Waals surface area (Å²) in [5.41, 5.74) is 1.73. The number of rotatable bonds is 5. The summed E-state index contributed by atoms with van der Waals surface area (Å²) >= 11 is 6.07. The number of aryl methyl sites for hydroxylation is 1. The summed E-state index contributed by atoms with van der Waals surface area (Å²) in [6.07, 6.45) is 1.74. The molecule has 1 saturated heterocycles. The van der Waals surface area contributed by atoms with Gasteiger partial charge in [-0.25, -0.2) is 14.4 Å². The van der Waals surface area contributed by atoms with E-state index in [1.807, 2.05) is 17.9 Å². The number of anilines is 1. The topological polar surface area (TPSA) is 58.6 Å². The quantitative estimate of drug-likeness (QED) is 0.593. The van der Waals surface area contributed by atoms with E-state index in [4.69, 9.17) is 16.3 Å². The molecular formula is C23H22ClFN4O2. The van der Waals surface area contributed by atoms with E-state index in [-0.39, 0.29) is 18.1 Å². The van der Waals surface area contributed by atoms with Crippen molar-refractivity contribution in [2.45, 2.75) is 13.3 Å². The zero-order chi connectivity index (χ0) is 21.8. The zero-order valence-electron chi connectivity index (χ0n) is 17.1. The van der Waals surface area contributed by atoms with Crippen molar-refractivity contribution in [1.29, 1.82) is 0 Å². The maximum absolute atomic E-state index is 13.0. The average Bonchev–Trinajstić information content (AvgIpc) is 2.78. The number of carbonyl (C=O) groups is 1. The first-order chi connectivity index (χ1) is 15.0. The maximum Gasteiger partial charge on any atom is 0.227 e. The van der Waals surface area contributed by atoms with Crippen LogP contribution in [0.2, 0.25) is 5.02 Å². The SMILES string of the molecule is Cc1cc(Oc2cc(N3CCN(C(=O)Cc4ccc(F)cc4)CC3)ncn2)ccc1Cl. The van der Waals surface area contributed by atoms with Crippen LogP contribution in [0.1, 0.15) is 11.1 Å². The predicted octanol–water partition coefficient (Wildman–Crippen LogP) is 4.26. The summed E-state index contributed by atoms with van der Waals surface area (Å²) in [5.74, 6) is 1.59. The third-order valence-electron chi connectivity index (χ3n) is 5.20. The monoisotopic (exact) mass is 440 g/mol. The van der Waals surface area contributed by atoms with Gasteiger partial charge < -0.3 is 14.5 Å². The van der Waals surface area contributed by atoms with Gasteiger partial charge in [0.2, 0.25) is 11.8 Å². The van der Waals surface area contributed by atoms with E-state index < -0.39 is 0 Å². The number of hydrogen-bond acceptors (Lipinski definition) is 5. The predicted molar refractivity (Wildman–Crippen MR) is 117 cm³/mol. The van der Waals surface area contributed by atoms with Gasteiger partial charge in [0.25, 0.3) is 0 Å². The molecular weight excluding hydrogens is 419 g/mol. The number of aromatic nitrogens is 2. The summed E-state index contributed by atoms with van der Waals surface area (Å²) < 4.78 is 18.9. The molecule has 0 saturated carbocycles. The second-order valence-corrected chi connectivity index (χ2v) is 7.81. The highest BCUT2D eigenvalue weighted by atomic mass is 35.5. The Morgan fingerprint density at radius 2 is 1.81 bits per heavy atom. The second kappa shape index (κ2) is 9.31. The van der Waals surface area contributed by atoms with E-state index in [0.29, 0.717) is 42.8 Å². The number of amides is 1. The van der Waals surface area contributed by atoms with Crippen LogP contribution in [0.3, 0.4) is 0 Å². The fraction of sp³-hybridized carbons (Fsp3) is 0.261. The van der Waals surface area contributed by atoms with Crippen LogP contribution in [-0.2, 0) is 11.2 Å². The van der Waals surface area contributed by atoms with Gasteiger partial charge in [0.15, 0.2) is 0 Å². The minimum absolute atomic E-state index is 0.0380. The van der Waals surface area contributed by atoms with E-state index in [1.165, 1.54) is 18.5 Å². The van der Waals surface area contributed by atoms with Crippen LogP contribution in [0.15, 0.2) is 54.9 Å². The minimum Gasteiger partial charge on any atom is -0.439 e. The van der Waals surface area contributed by atoms with E-state index in [9.17, 15) is 9.18 Å². The Kier molecular flexibility index (Phi) is 6.32. The molecule has 31 heavy (non-hydrogen) atoms. The standard InChI is InChI=1S/C23H22ClFN4O2/c1-16-12-19(6-7-20(16)24)31-22-14-21(26-15-27-22)28-8-10-29(11-9-28)23(30)13-17-2-4-18(25)5-3-17/h2-7,12,14-15H,8-11,13H2,1H3. The number of benzene rings is 2. The van der Waals surface area contributed by atoms with Crippen LogP contribution < -0.4 is 9.64 Å². The summed E-state index contributed by atoms with van der Waals surface area (Å²) in [6.45, 7) is 4.42. The van der Waals surface area contributed by atoms with Crippen LogP contribution in [-0.4, -0.2) is 47.0 Å². The van der Waals surface area contributed by atoms with Gasteiger partial charge in [0.05, 0.1) is 6.42 Å². The molecule has 0 radical (unpaired) electrons. The smallest absolute Gasteiger partial charge is 0.227 e. The Balaban J connectivity index is 1.35. The Labute approximate surface area is 185 Å². The Bertz CT molecular complexity index is 1070. The van der Waals surface area contributed by atoms with Crippen LogP contribution in [0.5, 0.6) is 11.6 Å². The van der Waals surface area contributed by atoms with Gasteiger partial charge in [-0.05, 0) is 48.4 Å². The van der Waals surface area contributed by atoms with Crippen LogP contribution in [0.4, 0.5) is 10.2 Å². The summed E-state index contributed by atoms with van der Waals surface area (Å²) in [4.78, 5) is 25.0. The lowest BCUT2D eigenvalue weighted by Gasteiger charge is -2.35. The molecule has 0 atom stereocenters. The fourth-order valence-corrected chi connectivity index (χ4v) is 3.55. The van der Waals surface area contributed by atoms with Crippen molar-refractivity contribution in [1.82, 2.24) is 14.9 Å². The average molecular weight is 441 g/mol. The molecule has 0 spiro atoms. The van der Waals surface area contributed by atoms with Crippen molar-refractivity contribution in [3.05, 3.63) is 76.8 Å². The molecule has 0 unspecified atom stereocenters. The summed E-state index contributed by atoms with van der Waals surface area (Å²) in [7, 11) is 0. The van der Waals surface area contributed by atoms with Crippen molar-refractivity contribution in [3.8, 4) is 11.6 Å². The molecule has 1 amide bonds. The molecule has 0 aliphatic carbocycles. The van der Waals surface area contributed by atoms with Gasteiger partial charge in [-0.3, -0.25) is 4.79 Å². The Hall–Kier alpha value is -3.19. The maximum atomic E-state index is 13.0. The van der Waals surface area contributed by atoms with Crippen molar-refractivity contribution in [2.75, 3.05) is 31.1 Å². The molecule has 160 valence electrons. The van der Waals surface area contributed by atoms with Crippen molar-refractivity contribution >= 4 is 23.3 Å². The lowest BCUT2D eigenvalue weighted by Crippen LogP contribution is -2.49. The third-order valence-corrected chi connectivity index (χ3v) is 5.63. The van der Waals surface area contributed by atoms with Gasteiger partial charge in [-0.1, -0.05) is 23.7 Å². The van der Waals surface area contributed by atoms with E-state index in [1.54, 1.807) is 30.3 Å². The summed E-state index contributed by atoms with van der Waals surface area (Å²) in [6, 6.07) is 13.3. The molecule has 2 heterocycles. The third kappa shape index (κ3) is 5.30. The second-order valence-electron chi connectivity index (χ2n) is 7.40. The van der Waals surface area contributed by atoms with Gasteiger partial charge in [0, 0.05) is 37.3 Å². The number of ether oxygens (including phenoxy) is 1. The molecule has 1 aliphatic heterocycles. The minimum atomic E-state index is -0.302. The number of halogens is 2.